The molecule has 1 aromatic rings. The van der Waals surface area contributed by atoms with Crippen LogP contribution in [0.15, 0.2) is 23.0 Å². The van der Waals surface area contributed by atoms with Gasteiger partial charge in [-0.2, -0.15) is 0 Å². The molecule has 0 saturated heterocycles. The minimum Gasteiger partial charge on any atom is -0.391 e. The number of hydrogen-bond acceptors (Lipinski definition) is 3. The van der Waals surface area contributed by atoms with Crippen molar-refractivity contribution in [2.24, 2.45) is 5.73 Å². The molecule has 1 heterocycles. The number of aromatic nitrogens is 1. The number of pyridine rings is 1. The summed E-state index contributed by atoms with van der Waals surface area (Å²) >= 11 is 0. The minimum absolute atomic E-state index is 0.205. The SMILES string of the molecule is C[C@@H](O)[C@@H](N)c1cccc(=O)[nH]1. The zero-order valence-electron chi connectivity index (χ0n) is 6.82. The fourth-order valence-corrected chi connectivity index (χ4v) is 0.919. The molecule has 0 aliphatic carbocycles. The number of aromatic amines is 1. The smallest absolute Gasteiger partial charge is 0.248 e. The van der Waals surface area contributed by atoms with E-state index < -0.39 is 12.1 Å². The Morgan fingerprint density at radius 3 is 2.75 bits per heavy atom. The van der Waals surface area contributed by atoms with E-state index in [9.17, 15) is 4.79 Å². The van der Waals surface area contributed by atoms with Gasteiger partial charge < -0.3 is 15.8 Å². The molecule has 0 amide bonds. The van der Waals surface area contributed by atoms with E-state index in [0.29, 0.717) is 5.69 Å². The van der Waals surface area contributed by atoms with Crippen LogP contribution >= 0.6 is 0 Å². The molecule has 0 bridgehead atoms. The van der Waals surface area contributed by atoms with Crippen LogP contribution in [0.2, 0.25) is 0 Å². The first kappa shape index (κ1) is 8.96. The maximum absolute atomic E-state index is 10.8. The largest absolute Gasteiger partial charge is 0.391 e. The lowest BCUT2D eigenvalue weighted by Crippen LogP contribution is -2.26. The molecule has 1 rings (SSSR count). The summed E-state index contributed by atoms with van der Waals surface area (Å²) in [5.74, 6) is 0. The molecule has 0 saturated carbocycles. The van der Waals surface area contributed by atoms with Crippen LogP contribution in [0.5, 0.6) is 0 Å². The van der Waals surface area contributed by atoms with Gasteiger partial charge in [0, 0.05) is 11.8 Å². The molecule has 0 aromatic carbocycles. The third-order valence-electron chi connectivity index (χ3n) is 1.67. The van der Waals surface area contributed by atoms with E-state index in [4.69, 9.17) is 10.8 Å². The maximum atomic E-state index is 10.8. The maximum Gasteiger partial charge on any atom is 0.248 e. The molecular formula is C8H12N2O2. The zero-order valence-corrected chi connectivity index (χ0v) is 6.82. The third-order valence-corrected chi connectivity index (χ3v) is 1.67. The van der Waals surface area contributed by atoms with Crippen molar-refractivity contribution >= 4 is 0 Å². The molecule has 0 unspecified atom stereocenters. The predicted octanol–water partition coefficient (Wildman–Crippen LogP) is -0.245. The van der Waals surface area contributed by atoms with Crippen molar-refractivity contribution in [3.8, 4) is 0 Å². The van der Waals surface area contributed by atoms with Crippen molar-refractivity contribution < 1.29 is 5.11 Å². The van der Waals surface area contributed by atoms with Crippen molar-refractivity contribution in [3.63, 3.8) is 0 Å². The Balaban J connectivity index is 2.95. The van der Waals surface area contributed by atoms with E-state index in [1.165, 1.54) is 6.07 Å². The predicted molar refractivity (Wildman–Crippen MR) is 45.7 cm³/mol. The first-order chi connectivity index (χ1) is 5.61. The monoisotopic (exact) mass is 168 g/mol. The quantitative estimate of drug-likeness (QED) is 0.570. The molecule has 12 heavy (non-hydrogen) atoms. The Hall–Kier alpha value is -1.13. The molecule has 4 N–H and O–H groups in total. The molecule has 0 aliphatic rings. The van der Waals surface area contributed by atoms with Gasteiger partial charge in [-0.15, -0.1) is 0 Å². The van der Waals surface area contributed by atoms with Gasteiger partial charge in [-0.25, -0.2) is 0 Å². The Morgan fingerprint density at radius 2 is 2.25 bits per heavy atom. The second-order valence-electron chi connectivity index (χ2n) is 2.74. The van der Waals surface area contributed by atoms with Gasteiger partial charge in [-0.1, -0.05) is 6.07 Å². The van der Waals surface area contributed by atoms with Gasteiger partial charge in [0.15, 0.2) is 0 Å². The number of hydrogen-bond donors (Lipinski definition) is 3. The molecule has 0 fully saturated rings. The van der Waals surface area contributed by atoms with Crippen LogP contribution in [0.1, 0.15) is 18.7 Å². The van der Waals surface area contributed by atoms with Crippen LogP contribution in [0.3, 0.4) is 0 Å². The highest BCUT2D eigenvalue weighted by molar-refractivity contribution is 5.09. The van der Waals surface area contributed by atoms with E-state index in [-0.39, 0.29) is 5.56 Å². The molecule has 2 atom stereocenters. The zero-order chi connectivity index (χ0) is 9.14. The third kappa shape index (κ3) is 1.93. The van der Waals surface area contributed by atoms with Crippen LogP contribution in [-0.4, -0.2) is 16.2 Å². The molecule has 0 spiro atoms. The average molecular weight is 168 g/mol. The van der Waals surface area contributed by atoms with E-state index in [2.05, 4.69) is 4.98 Å². The summed E-state index contributed by atoms with van der Waals surface area (Å²) in [6.07, 6.45) is -0.664. The van der Waals surface area contributed by atoms with Crippen molar-refractivity contribution in [2.75, 3.05) is 0 Å². The summed E-state index contributed by atoms with van der Waals surface area (Å²) in [5.41, 5.74) is 5.93. The molecular weight excluding hydrogens is 156 g/mol. The highest BCUT2D eigenvalue weighted by Crippen LogP contribution is 2.08. The standard InChI is InChI=1S/C8H12N2O2/c1-5(11)8(9)6-3-2-4-7(12)10-6/h2-5,8,11H,9H2,1H3,(H,10,12)/t5-,8-/m1/s1. The summed E-state index contributed by atoms with van der Waals surface area (Å²) in [6.45, 7) is 1.58. The topological polar surface area (TPSA) is 79.1 Å². The number of aliphatic hydroxyl groups excluding tert-OH is 1. The van der Waals surface area contributed by atoms with Gasteiger partial charge in [0.25, 0.3) is 0 Å². The number of aliphatic hydroxyl groups is 1. The molecule has 0 aliphatic heterocycles. The minimum atomic E-state index is -0.664. The van der Waals surface area contributed by atoms with E-state index in [1.807, 2.05) is 0 Å². The second kappa shape index (κ2) is 3.51. The lowest BCUT2D eigenvalue weighted by Gasteiger charge is -2.13. The van der Waals surface area contributed by atoms with Gasteiger partial charge in [0.1, 0.15) is 0 Å². The highest BCUT2D eigenvalue weighted by atomic mass is 16.3. The van der Waals surface area contributed by atoms with E-state index in [1.54, 1.807) is 19.1 Å². The van der Waals surface area contributed by atoms with Gasteiger partial charge >= 0.3 is 0 Å². The van der Waals surface area contributed by atoms with Gasteiger partial charge in [-0.3, -0.25) is 4.79 Å². The summed E-state index contributed by atoms with van der Waals surface area (Å²) in [5, 5.41) is 9.12. The second-order valence-corrected chi connectivity index (χ2v) is 2.74. The van der Waals surface area contributed by atoms with Crippen LogP contribution in [0.4, 0.5) is 0 Å². The average Bonchev–Trinajstić information content (AvgIpc) is 2.03. The Kier molecular flexibility index (Phi) is 2.62. The first-order valence-corrected chi connectivity index (χ1v) is 3.74. The van der Waals surface area contributed by atoms with Crippen molar-refractivity contribution in [1.29, 1.82) is 0 Å². The summed E-state index contributed by atoms with van der Waals surface area (Å²) < 4.78 is 0. The molecule has 4 heteroatoms. The van der Waals surface area contributed by atoms with Gasteiger partial charge in [-0.05, 0) is 13.0 Å². The molecule has 1 aromatic heterocycles. The Bertz CT molecular complexity index is 306. The molecule has 0 radical (unpaired) electrons. The van der Waals surface area contributed by atoms with Crippen LogP contribution in [0.25, 0.3) is 0 Å². The van der Waals surface area contributed by atoms with Crippen molar-refractivity contribution in [2.45, 2.75) is 19.1 Å². The highest BCUT2D eigenvalue weighted by Gasteiger charge is 2.11. The van der Waals surface area contributed by atoms with Crippen LogP contribution < -0.4 is 11.3 Å². The van der Waals surface area contributed by atoms with Gasteiger partial charge in [0.2, 0.25) is 5.56 Å². The lowest BCUT2D eigenvalue weighted by atomic mass is 10.1. The number of H-pyrrole nitrogens is 1. The molecule has 66 valence electrons. The summed E-state index contributed by atoms with van der Waals surface area (Å²) in [6, 6.07) is 4.16. The van der Waals surface area contributed by atoms with E-state index in [0.717, 1.165) is 0 Å². The fraction of sp³-hybridized carbons (Fsp3) is 0.375. The van der Waals surface area contributed by atoms with Crippen LogP contribution in [-0.2, 0) is 0 Å². The first-order valence-electron chi connectivity index (χ1n) is 3.74. The van der Waals surface area contributed by atoms with Crippen molar-refractivity contribution in [3.05, 3.63) is 34.2 Å². The Labute approximate surface area is 70.0 Å². The number of nitrogens with one attached hydrogen (secondary N) is 1. The normalized spacial score (nSPS) is 15.6. The molecule has 4 nitrogen and oxygen atoms in total. The van der Waals surface area contributed by atoms with Crippen LogP contribution in [0, 0.1) is 0 Å². The number of rotatable bonds is 2. The summed E-state index contributed by atoms with van der Waals surface area (Å²) in [4.78, 5) is 13.4. The van der Waals surface area contributed by atoms with Gasteiger partial charge in [0.05, 0.1) is 12.1 Å². The number of nitrogens with two attached hydrogens (primary N) is 1. The van der Waals surface area contributed by atoms with E-state index >= 15 is 0 Å². The van der Waals surface area contributed by atoms with Crippen molar-refractivity contribution in [1.82, 2.24) is 4.98 Å². The Morgan fingerprint density at radius 1 is 1.58 bits per heavy atom. The lowest BCUT2D eigenvalue weighted by molar-refractivity contribution is 0.162. The summed E-state index contributed by atoms with van der Waals surface area (Å²) in [7, 11) is 0. The fourth-order valence-electron chi connectivity index (χ4n) is 0.919.